The highest BCUT2D eigenvalue weighted by atomic mass is 16.6. The van der Waals surface area contributed by atoms with Crippen molar-refractivity contribution >= 4 is 11.6 Å². The molecule has 0 aromatic carbocycles. The van der Waals surface area contributed by atoms with Crippen LogP contribution in [0.2, 0.25) is 0 Å². The molecule has 0 unspecified atom stereocenters. The zero-order valence-corrected chi connectivity index (χ0v) is 13.1. The van der Waals surface area contributed by atoms with Crippen molar-refractivity contribution in [3.63, 3.8) is 0 Å². The van der Waals surface area contributed by atoms with Gasteiger partial charge >= 0.3 is 0 Å². The van der Waals surface area contributed by atoms with E-state index in [-0.39, 0.29) is 11.6 Å². The Bertz CT molecular complexity index is 559. The monoisotopic (exact) mass is 291 g/mol. The van der Waals surface area contributed by atoms with E-state index >= 15 is 0 Å². The second-order valence-electron chi connectivity index (χ2n) is 5.37. The van der Waals surface area contributed by atoms with Crippen LogP contribution in [0.25, 0.3) is 0 Å². The normalized spacial score (nSPS) is 20.0. The minimum Gasteiger partial charge on any atom is -0.491 e. The molecule has 0 aliphatic carbocycles. The highest BCUT2D eigenvalue weighted by molar-refractivity contribution is 6.02. The fourth-order valence-electron chi connectivity index (χ4n) is 3.00. The Balaban J connectivity index is 2.65. The van der Waals surface area contributed by atoms with Gasteiger partial charge in [0.25, 0.3) is 0 Å². The molecule has 0 fully saturated rings. The maximum atomic E-state index is 12.1. The van der Waals surface area contributed by atoms with Gasteiger partial charge in [0.05, 0.1) is 5.92 Å². The van der Waals surface area contributed by atoms with Crippen LogP contribution in [0.3, 0.4) is 0 Å². The molecule has 2 aliphatic rings. The molecule has 0 saturated heterocycles. The van der Waals surface area contributed by atoms with E-state index in [1.165, 1.54) is 13.8 Å². The Morgan fingerprint density at radius 3 is 1.86 bits per heavy atom. The van der Waals surface area contributed by atoms with Crippen LogP contribution in [0.1, 0.15) is 34.6 Å². The molecule has 0 bridgehead atoms. The molecule has 0 amide bonds. The van der Waals surface area contributed by atoms with Crippen molar-refractivity contribution in [2.24, 2.45) is 5.92 Å². The molecule has 0 aromatic heterocycles. The number of ketones is 2. The number of dihydropyridines is 1. The molecule has 0 saturated carbocycles. The van der Waals surface area contributed by atoms with Crippen LogP contribution in [-0.2, 0) is 19.1 Å². The zero-order valence-electron chi connectivity index (χ0n) is 13.1. The number of Topliss-reactive ketones (excluding diaryl/α,β-unsaturated/α-hetero) is 2. The van der Waals surface area contributed by atoms with Crippen molar-refractivity contribution in [3.05, 3.63) is 34.1 Å². The van der Waals surface area contributed by atoms with Crippen LogP contribution in [0, 0.1) is 5.92 Å². The molecule has 21 heavy (non-hydrogen) atoms. The molecule has 0 atom stereocenters. The smallest absolute Gasteiger partial charge is 0.158 e. The second kappa shape index (κ2) is 5.76. The van der Waals surface area contributed by atoms with Crippen LogP contribution in [0.4, 0.5) is 0 Å². The lowest BCUT2D eigenvalue weighted by Crippen LogP contribution is -2.34. The molecular weight excluding hydrogens is 270 g/mol. The van der Waals surface area contributed by atoms with Gasteiger partial charge in [-0.3, -0.25) is 9.59 Å². The van der Waals surface area contributed by atoms with E-state index in [4.69, 9.17) is 9.47 Å². The summed E-state index contributed by atoms with van der Waals surface area (Å²) in [5.41, 5.74) is 2.63. The summed E-state index contributed by atoms with van der Waals surface area (Å²) in [6, 6.07) is 0. The lowest BCUT2D eigenvalue weighted by Gasteiger charge is -2.33. The van der Waals surface area contributed by atoms with Crippen molar-refractivity contribution in [2.45, 2.75) is 34.6 Å². The summed E-state index contributed by atoms with van der Waals surface area (Å²) in [6.07, 6.45) is 0. The number of hydrogen-bond donors (Lipinski definition) is 1. The fourth-order valence-corrected chi connectivity index (χ4v) is 3.00. The van der Waals surface area contributed by atoms with Crippen molar-refractivity contribution < 1.29 is 19.1 Å². The number of nitrogens with one attached hydrogen (secondary N) is 1. The topological polar surface area (TPSA) is 64.6 Å². The Hall–Kier alpha value is -2.04. The summed E-state index contributed by atoms with van der Waals surface area (Å²) in [5, 5.41) is 3.12. The summed E-state index contributed by atoms with van der Waals surface area (Å²) in [7, 11) is 0. The standard InChI is InChI=1S/C16H21NO4/c1-8-13(10(3)18)15(14(11(4)19)9(2)17-8)16-12(5)20-6-7-21-16/h15,17H,6-7H2,1-5H3. The predicted octanol–water partition coefficient (Wildman–Crippen LogP) is 2.21. The van der Waals surface area contributed by atoms with E-state index in [2.05, 4.69) is 5.32 Å². The maximum Gasteiger partial charge on any atom is 0.158 e. The SMILES string of the molecule is CC(=O)C1=C(C)NC(C)=C(C(C)=O)C1C1=C(C)OCCO1. The minimum absolute atomic E-state index is 0.0780. The van der Waals surface area contributed by atoms with E-state index in [0.717, 1.165) is 11.4 Å². The molecule has 0 aromatic rings. The minimum atomic E-state index is -0.485. The Morgan fingerprint density at radius 2 is 1.43 bits per heavy atom. The first-order valence-electron chi connectivity index (χ1n) is 7.01. The predicted molar refractivity (Wildman–Crippen MR) is 78.0 cm³/mol. The number of rotatable bonds is 3. The van der Waals surface area contributed by atoms with Gasteiger partial charge < -0.3 is 14.8 Å². The molecule has 114 valence electrons. The van der Waals surface area contributed by atoms with Gasteiger partial charge in [-0.2, -0.15) is 0 Å². The molecule has 1 N–H and O–H groups in total. The summed E-state index contributed by atoms with van der Waals surface area (Å²) < 4.78 is 11.3. The molecular formula is C16H21NO4. The van der Waals surface area contributed by atoms with Crippen LogP contribution < -0.4 is 5.32 Å². The number of allylic oxidation sites excluding steroid dienone is 4. The lowest BCUT2D eigenvalue weighted by atomic mass is 9.80. The highest BCUT2D eigenvalue weighted by Crippen LogP contribution is 2.38. The van der Waals surface area contributed by atoms with E-state index < -0.39 is 5.92 Å². The molecule has 2 rings (SSSR count). The van der Waals surface area contributed by atoms with E-state index in [1.807, 2.05) is 13.8 Å². The third-order valence-corrected chi connectivity index (χ3v) is 3.79. The molecule has 0 radical (unpaired) electrons. The third-order valence-electron chi connectivity index (χ3n) is 3.79. The third kappa shape index (κ3) is 2.73. The van der Waals surface area contributed by atoms with Crippen molar-refractivity contribution in [2.75, 3.05) is 13.2 Å². The quantitative estimate of drug-likeness (QED) is 0.863. The average Bonchev–Trinajstić information content (AvgIpc) is 2.37. The van der Waals surface area contributed by atoms with Crippen molar-refractivity contribution in [1.29, 1.82) is 0 Å². The van der Waals surface area contributed by atoms with Crippen LogP contribution in [0.15, 0.2) is 34.1 Å². The van der Waals surface area contributed by atoms with Crippen LogP contribution in [-0.4, -0.2) is 24.8 Å². The average molecular weight is 291 g/mol. The van der Waals surface area contributed by atoms with Crippen LogP contribution >= 0.6 is 0 Å². The van der Waals surface area contributed by atoms with Gasteiger partial charge in [0.15, 0.2) is 11.6 Å². The Labute approximate surface area is 124 Å². The Kier molecular flexibility index (Phi) is 4.21. The first kappa shape index (κ1) is 15.4. The summed E-state index contributed by atoms with van der Waals surface area (Å²) in [6.45, 7) is 9.39. The maximum absolute atomic E-state index is 12.1. The summed E-state index contributed by atoms with van der Waals surface area (Å²) >= 11 is 0. The zero-order chi connectivity index (χ0) is 15.7. The molecule has 0 spiro atoms. The number of ether oxygens (including phenoxy) is 2. The van der Waals surface area contributed by atoms with E-state index in [0.29, 0.717) is 35.9 Å². The van der Waals surface area contributed by atoms with Gasteiger partial charge in [-0.25, -0.2) is 0 Å². The summed E-state index contributed by atoms with van der Waals surface area (Å²) in [5.74, 6) is 0.557. The van der Waals surface area contributed by atoms with Gasteiger partial charge in [0.1, 0.15) is 24.7 Å². The fraction of sp³-hybridized carbons (Fsp3) is 0.500. The summed E-state index contributed by atoms with van der Waals surface area (Å²) in [4.78, 5) is 24.2. The number of carbonyl (C=O) groups is 2. The van der Waals surface area contributed by atoms with Gasteiger partial charge in [-0.05, 0) is 34.6 Å². The second-order valence-corrected chi connectivity index (χ2v) is 5.37. The van der Waals surface area contributed by atoms with Crippen LogP contribution in [0.5, 0.6) is 0 Å². The van der Waals surface area contributed by atoms with Gasteiger partial charge in [0.2, 0.25) is 0 Å². The highest BCUT2D eigenvalue weighted by Gasteiger charge is 2.38. The molecule has 2 aliphatic heterocycles. The molecule has 2 heterocycles. The lowest BCUT2D eigenvalue weighted by molar-refractivity contribution is -0.114. The van der Waals surface area contributed by atoms with E-state index in [9.17, 15) is 9.59 Å². The van der Waals surface area contributed by atoms with Gasteiger partial charge in [-0.15, -0.1) is 0 Å². The van der Waals surface area contributed by atoms with Gasteiger partial charge in [0, 0.05) is 22.5 Å². The first-order chi connectivity index (χ1) is 9.84. The molecule has 5 heteroatoms. The van der Waals surface area contributed by atoms with Crippen molar-refractivity contribution in [3.8, 4) is 0 Å². The molecule has 5 nitrogen and oxygen atoms in total. The first-order valence-corrected chi connectivity index (χ1v) is 7.01. The van der Waals surface area contributed by atoms with Crippen molar-refractivity contribution in [1.82, 2.24) is 5.32 Å². The van der Waals surface area contributed by atoms with Gasteiger partial charge in [-0.1, -0.05) is 0 Å². The van der Waals surface area contributed by atoms with E-state index in [1.54, 1.807) is 6.92 Å². The Morgan fingerprint density at radius 1 is 0.952 bits per heavy atom. The number of hydrogen-bond acceptors (Lipinski definition) is 5. The number of carbonyl (C=O) groups excluding carboxylic acids is 2. The largest absolute Gasteiger partial charge is 0.491 e.